The van der Waals surface area contributed by atoms with E-state index in [0.29, 0.717) is 55.5 Å². The van der Waals surface area contributed by atoms with Crippen LogP contribution in [0, 0.1) is 11.8 Å². The Morgan fingerprint density at radius 2 is 1.98 bits per heavy atom. The van der Waals surface area contributed by atoms with E-state index in [1.54, 1.807) is 25.2 Å². The first-order valence-corrected chi connectivity index (χ1v) is 15.8. The van der Waals surface area contributed by atoms with Crippen molar-refractivity contribution in [3.05, 3.63) is 70.3 Å². The number of amides is 1. The number of carbonyl (C=O) groups is 2. The van der Waals surface area contributed by atoms with Crippen LogP contribution in [0.3, 0.4) is 0 Å². The third-order valence-corrected chi connectivity index (χ3v) is 10.5. The Bertz CT molecular complexity index is 1430. The highest BCUT2D eigenvalue weighted by Gasteiger charge is 2.46. The molecular formula is C34H41ClN2O6. The Balaban J connectivity index is 1.45. The highest BCUT2D eigenvalue weighted by Crippen LogP contribution is 2.47. The van der Waals surface area contributed by atoms with E-state index in [1.165, 1.54) is 16.0 Å². The molecule has 2 aliphatic heterocycles. The summed E-state index contributed by atoms with van der Waals surface area (Å²) >= 11 is 6.39. The lowest BCUT2D eigenvalue weighted by molar-refractivity contribution is -0.164. The van der Waals surface area contributed by atoms with Crippen molar-refractivity contribution in [3.63, 3.8) is 0 Å². The highest BCUT2D eigenvalue weighted by atomic mass is 35.5. The molecule has 5 atom stereocenters. The minimum absolute atomic E-state index is 0.122. The average Bonchev–Trinajstić information content (AvgIpc) is 3.11. The number of hydrogen-bond acceptors (Lipinski definition) is 6. The Kier molecular flexibility index (Phi) is 8.22. The van der Waals surface area contributed by atoms with Crippen molar-refractivity contribution < 1.29 is 29.6 Å². The van der Waals surface area contributed by atoms with Gasteiger partial charge in [-0.1, -0.05) is 35.9 Å². The summed E-state index contributed by atoms with van der Waals surface area (Å²) in [7, 11) is 1.62. The van der Waals surface area contributed by atoms with E-state index in [1.807, 2.05) is 18.2 Å². The molecule has 230 valence electrons. The topological polar surface area (TPSA) is 111 Å². The molecule has 1 spiro atoms. The lowest BCUT2D eigenvalue weighted by atomic mass is 9.68. The van der Waals surface area contributed by atoms with Crippen LogP contribution >= 0.6 is 11.6 Å². The molecule has 0 unspecified atom stereocenters. The first-order valence-electron chi connectivity index (χ1n) is 15.5. The first kappa shape index (κ1) is 30.0. The SMILES string of the molecule is CN1CCC/C=C\[C@H](O)[C@@H]2CC[C@H]2CN2C[C@@]3(CCCc4cc(Cl)ccc43)COc3ccc(cc32)[C@@](O)(C(=O)O)CC1=O. The molecule has 1 amide bonds. The van der Waals surface area contributed by atoms with Gasteiger partial charge < -0.3 is 29.9 Å². The molecule has 1 saturated carbocycles. The number of benzene rings is 2. The molecule has 3 N–H and O–H groups in total. The molecule has 0 radical (unpaired) electrons. The predicted molar refractivity (Wildman–Crippen MR) is 165 cm³/mol. The minimum atomic E-state index is -2.40. The van der Waals surface area contributed by atoms with E-state index >= 15 is 0 Å². The van der Waals surface area contributed by atoms with Crippen LogP contribution in [-0.4, -0.2) is 71.5 Å². The van der Waals surface area contributed by atoms with Gasteiger partial charge in [-0.25, -0.2) is 4.79 Å². The van der Waals surface area contributed by atoms with Gasteiger partial charge in [0.25, 0.3) is 0 Å². The van der Waals surface area contributed by atoms with E-state index in [0.717, 1.165) is 32.1 Å². The summed E-state index contributed by atoms with van der Waals surface area (Å²) < 4.78 is 6.54. The molecule has 9 heteroatoms. The van der Waals surface area contributed by atoms with E-state index in [4.69, 9.17) is 16.3 Å². The molecule has 2 aromatic rings. The van der Waals surface area contributed by atoms with Crippen LogP contribution in [0.2, 0.25) is 5.02 Å². The average molecular weight is 609 g/mol. The number of halogens is 1. The van der Waals surface area contributed by atoms with Gasteiger partial charge in [0, 0.05) is 37.1 Å². The van der Waals surface area contributed by atoms with Crippen LogP contribution in [0.5, 0.6) is 5.75 Å². The van der Waals surface area contributed by atoms with Crippen LogP contribution in [0.4, 0.5) is 5.69 Å². The minimum Gasteiger partial charge on any atom is -0.490 e. The highest BCUT2D eigenvalue weighted by molar-refractivity contribution is 6.30. The lowest BCUT2D eigenvalue weighted by Crippen LogP contribution is -2.49. The van der Waals surface area contributed by atoms with E-state index in [-0.39, 0.29) is 22.8 Å². The molecule has 0 aromatic heterocycles. The summed E-state index contributed by atoms with van der Waals surface area (Å²) in [4.78, 5) is 29.4. The van der Waals surface area contributed by atoms with Crippen molar-refractivity contribution in [1.82, 2.24) is 4.90 Å². The third-order valence-electron chi connectivity index (χ3n) is 10.3. The summed E-state index contributed by atoms with van der Waals surface area (Å²) in [6.07, 6.45) is 8.90. The third kappa shape index (κ3) is 5.65. The number of hydrogen-bond donors (Lipinski definition) is 3. The second-order valence-corrected chi connectivity index (χ2v) is 13.4. The summed E-state index contributed by atoms with van der Waals surface area (Å²) in [5, 5.41) is 33.6. The van der Waals surface area contributed by atoms with E-state index in [2.05, 4.69) is 17.0 Å². The number of aryl methyl sites for hydroxylation is 1. The van der Waals surface area contributed by atoms with Gasteiger partial charge in [0.05, 0.1) is 24.8 Å². The number of carboxylic acids is 1. The van der Waals surface area contributed by atoms with Gasteiger partial charge in [-0.3, -0.25) is 4.79 Å². The lowest BCUT2D eigenvalue weighted by Gasteiger charge is -2.45. The summed E-state index contributed by atoms with van der Waals surface area (Å²) in [6.45, 7) is 2.17. The molecule has 0 saturated heterocycles. The van der Waals surface area contributed by atoms with Gasteiger partial charge in [0.15, 0.2) is 5.60 Å². The number of aliphatic carboxylic acids is 1. The number of aliphatic hydroxyl groups is 2. The largest absolute Gasteiger partial charge is 0.490 e. The molecule has 2 aliphatic carbocycles. The van der Waals surface area contributed by atoms with Crippen LogP contribution in [0.1, 0.15) is 61.6 Å². The number of carbonyl (C=O) groups excluding carboxylic acids is 1. The summed E-state index contributed by atoms with van der Waals surface area (Å²) in [6, 6.07) is 11.1. The number of rotatable bonds is 1. The molecule has 43 heavy (non-hydrogen) atoms. The fourth-order valence-electron chi connectivity index (χ4n) is 7.53. The second kappa shape index (κ2) is 11.8. The normalized spacial score (nSPS) is 32.0. The van der Waals surface area contributed by atoms with E-state index in [9.17, 15) is 24.9 Å². The molecule has 1 fully saturated rings. The fraction of sp³-hybridized carbons (Fsp3) is 0.529. The van der Waals surface area contributed by atoms with Crippen molar-refractivity contribution in [2.24, 2.45) is 11.8 Å². The van der Waals surface area contributed by atoms with Crippen LogP contribution in [0.25, 0.3) is 0 Å². The quantitative estimate of drug-likeness (QED) is 0.404. The maximum Gasteiger partial charge on any atom is 0.340 e. The van der Waals surface area contributed by atoms with Crippen molar-refractivity contribution in [2.75, 3.05) is 38.2 Å². The molecule has 4 aliphatic rings. The number of fused-ring (bicyclic) bond motifs is 4. The van der Waals surface area contributed by atoms with Gasteiger partial charge in [0.2, 0.25) is 5.91 Å². The van der Waals surface area contributed by atoms with Crippen LogP contribution in [-0.2, 0) is 27.0 Å². The molecule has 6 rings (SSSR count). The van der Waals surface area contributed by atoms with Gasteiger partial charge in [-0.05, 0) is 97.7 Å². The summed E-state index contributed by atoms with van der Waals surface area (Å²) in [5.41, 5.74) is 0.601. The Hall–Kier alpha value is -3.07. The standard InChI is InChI=1S/C34H41ClN2O6/c1-36-15-4-2-3-7-29(38)26-11-8-23(26)19-37-20-33(14-5-6-22-16-25(35)10-12-27(22)33)21-43-30-13-9-24(17-28(30)37)34(42,32(40)41)18-31(36)39/h3,7,9-10,12-13,16-17,23,26,29,38,42H,2,4-6,8,11,14-15,18-21H2,1H3,(H,40,41)/b7-3-/t23-,26+,29-,33-,34+/m0/s1. The summed E-state index contributed by atoms with van der Waals surface area (Å²) in [5.74, 6) is -0.937. The zero-order valence-corrected chi connectivity index (χ0v) is 25.4. The zero-order chi connectivity index (χ0) is 30.4. The number of carboxylic acid groups (broad SMARTS) is 1. The number of allylic oxidation sites excluding steroid dienone is 1. The maximum atomic E-state index is 13.1. The molecule has 2 bridgehead atoms. The predicted octanol–water partition coefficient (Wildman–Crippen LogP) is 4.67. The molecular weight excluding hydrogens is 568 g/mol. The maximum absolute atomic E-state index is 13.1. The number of aliphatic hydroxyl groups excluding tert-OH is 1. The monoisotopic (exact) mass is 608 g/mol. The number of ether oxygens (including phenoxy) is 1. The van der Waals surface area contributed by atoms with Crippen molar-refractivity contribution in [3.8, 4) is 5.75 Å². The van der Waals surface area contributed by atoms with Gasteiger partial charge in [-0.15, -0.1) is 0 Å². The number of nitrogens with zero attached hydrogens (tertiary/aromatic N) is 2. The second-order valence-electron chi connectivity index (χ2n) is 13.0. The van der Waals surface area contributed by atoms with Crippen LogP contribution < -0.4 is 9.64 Å². The molecule has 8 nitrogen and oxygen atoms in total. The molecule has 2 aromatic carbocycles. The molecule has 2 heterocycles. The first-order chi connectivity index (χ1) is 20.6. The zero-order valence-electron chi connectivity index (χ0n) is 24.7. The van der Waals surface area contributed by atoms with Gasteiger partial charge >= 0.3 is 5.97 Å². The Labute approximate surface area is 257 Å². The number of anilines is 1. The van der Waals surface area contributed by atoms with Crippen LogP contribution in [0.15, 0.2) is 48.6 Å². The van der Waals surface area contributed by atoms with Gasteiger partial charge in [0.1, 0.15) is 5.75 Å². The smallest absolute Gasteiger partial charge is 0.340 e. The van der Waals surface area contributed by atoms with Crippen molar-refractivity contribution in [1.29, 1.82) is 0 Å². The fourth-order valence-corrected chi connectivity index (χ4v) is 7.72. The Morgan fingerprint density at radius 1 is 1.14 bits per heavy atom. The van der Waals surface area contributed by atoms with Gasteiger partial charge in [-0.2, -0.15) is 0 Å². The van der Waals surface area contributed by atoms with Crippen molar-refractivity contribution in [2.45, 2.75) is 68.5 Å². The Morgan fingerprint density at radius 3 is 2.74 bits per heavy atom. The van der Waals surface area contributed by atoms with Crippen molar-refractivity contribution >= 4 is 29.2 Å². The van der Waals surface area contributed by atoms with E-state index < -0.39 is 30.0 Å².